The van der Waals surface area contributed by atoms with Crippen LogP contribution in [-0.4, -0.2) is 17.0 Å². The summed E-state index contributed by atoms with van der Waals surface area (Å²) in [6, 6.07) is 9.98. The Morgan fingerprint density at radius 3 is 2.65 bits per heavy atom. The number of hydrogen-bond donors (Lipinski definition) is 0. The van der Waals surface area contributed by atoms with E-state index in [0.717, 1.165) is 11.1 Å². The van der Waals surface area contributed by atoms with Gasteiger partial charge in [0.1, 0.15) is 28.6 Å². The number of aromatic nitrogens is 1. The fraction of sp³-hybridized carbons (Fsp3) is 0.167. The van der Waals surface area contributed by atoms with Crippen LogP contribution in [0.1, 0.15) is 11.3 Å². The number of nitro groups is 1. The van der Waals surface area contributed by atoms with Gasteiger partial charge < -0.3 is 9.47 Å². The highest BCUT2D eigenvalue weighted by molar-refractivity contribution is 6.37. The van der Waals surface area contributed by atoms with Gasteiger partial charge in [-0.2, -0.15) is 0 Å². The summed E-state index contributed by atoms with van der Waals surface area (Å²) in [7, 11) is 1.59. The molecule has 3 aromatic rings. The molecule has 0 saturated carbocycles. The molecule has 26 heavy (non-hydrogen) atoms. The number of ether oxygens (including phenoxy) is 2. The Balaban J connectivity index is 2.00. The molecule has 0 N–H and O–H groups in total. The highest BCUT2D eigenvalue weighted by Gasteiger charge is 2.19. The first-order valence-electron chi connectivity index (χ1n) is 7.60. The SMILES string of the molecule is COc1cc(C)nc2c(OCc3c(Cl)ccc([N+](=O)[O-])c3Cl)cccc12. The smallest absolute Gasteiger partial charge is 0.288 e. The van der Waals surface area contributed by atoms with E-state index in [9.17, 15) is 10.1 Å². The Morgan fingerprint density at radius 1 is 1.19 bits per heavy atom. The van der Waals surface area contributed by atoms with Crippen molar-refractivity contribution in [1.29, 1.82) is 0 Å². The number of pyridine rings is 1. The lowest BCUT2D eigenvalue weighted by molar-refractivity contribution is -0.384. The van der Waals surface area contributed by atoms with Crippen molar-refractivity contribution in [3.8, 4) is 11.5 Å². The number of nitro benzene ring substituents is 1. The van der Waals surface area contributed by atoms with Crippen LogP contribution in [0.5, 0.6) is 11.5 Å². The molecule has 0 fully saturated rings. The third kappa shape index (κ3) is 3.38. The average molecular weight is 393 g/mol. The number of halogens is 2. The Labute approximate surface area is 159 Å². The fourth-order valence-electron chi connectivity index (χ4n) is 2.61. The van der Waals surface area contributed by atoms with Crippen molar-refractivity contribution in [2.75, 3.05) is 7.11 Å². The predicted octanol–water partition coefficient (Wildman–Crippen LogP) is 5.35. The van der Waals surface area contributed by atoms with Crippen molar-refractivity contribution in [3.63, 3.8) is 0 Å². The molecule has 0 saturated heterocycles. The first kappa shape index (κ1) is 18.2. The quantitative estimate of drug-likeness (QED) is 0.432. The molecule has 0 amide bonds. The third-order valence-corrected chi connectivity index (χ3v) is 4.62. The van der Waals surface area contributed by atoms with Crippen molar-refractivity contribution in [3.05, 3.63) is 67.8 Å². The maximum absolute atomic E-state index is 11.1. The van der Waals surface area contributed by atoms with Crippen LogP contribution in [-0.2, 0) is 6.61 Å². The number of fused-ring (bicyclic) bond motifs is 1. The second-order valence-corrected chi connectivity index (χ2v) is 6.31. The zero-order valence-corrected chi connectivity index (χ0v) is 15.5. The third-order valence-electron chi connectivity index (χ3n) is 3.85. The molecule has 0 atom stereocenters. The summed E-state index contributed by atoms with van der Waals surface area (Å²) in [4.78, 5) is 15.0. The molecule has 2 aromatic carbocycles. The number of aryl methyl sites for hydroxylation is 1. The maximum Gasteiger partial charge on any atom is 0.288 e. The normalized spacial score (nSPS) is 10.8. The summed E-state index contributed by atoms with van der Waals surface area (Å²) in [6.07, 6.45) is 0. The Kier molecular flexibility index (Phi) is 5.15. The Hall–Kier alpha value is -2.57. The van der Waals surface area contributed by atoms with E-state index in [0.29, 0.717) is 27.6 Å². The first-order chi connectivity index (χ1) is 12.4. The molecule has 6 nitrogen and oxygen atoms in total. The molecule has 0 aliphatic heterocycles. The van der Waals surface area contributed by atoms with Crippen LogP contribution >= 0.6 is 23.2 Å². The van der Waals surface area contributed by atoms with Crippen LogP contribution in [0, 0.1) is 17.0 Å². The summed E-state index contributed by atoms with van der Waals surface area (Å²) < 4.78 is 11.2. The fourth-order valence-corrected chi connectivity index (χ4v) is 3.16. The molecule has 0 aliphatic carbocycles. The zero-order chi connectivity index (χ0) is 18.8. The van der Waals surface area contributed by atoms with Crippen molar-refractivity contribution in [1.82, 2.24) is 4.98 Å². The lowest BCUT2D eigenvalue weighted by Crippen LogP contribution is -2.01. The van der Waals surface area contributed by atoms with Crippen molar-refractivity contribution in [2.24, 2.45) is 0 Å². The van der Waals surface area contributed by atoms with Gasteiger partial charge in [0.15, 0.2) is 0 Å². The van der Waals surface area contributed by atoms with Gasteiger partial charge >= 0.3 is 0 Å². The van der Waals surface area contributed by atoms with Crippen molar-refractivity contribution >= 4 is 39.8 Å². The largest absolute Gasteiger partial charge is 0.496 e. The van der Waals surface area contributed by atoms with E-state index in [-0.39, 0.29) is 17.3 Å². The van der Waals surface area contributed by atoms with Crippen LogP contribution in [0.3, 0.4) is 0 Å². The van der Waals surface area contributed by atoms with Gasteiger partial charge in [-0.15, -0.1) is 0 Å². The summed E-state index contributed by atoms with van der Waals surface area (Å²) in [5.41, 5.74) is 1.53. The van der Waals surface area contributed by atoms with Crippen molar-refractivity contribution in [2.45, 2.75) is 13.5 Å². The molecule has 0 aliphatic rings. The van der Waals surface area contributed by atoms with E-state index in [1.165, 1.54) is 12.1 Å². The minimum absolute atomic E-state index is 0.0314. The summed E-state index contributed by atoms with van der Waals surface area (Å²) in [5.74, 6) is 1.19. The summed E-state index contributed by atoms with van der Waals surface area (Å²) in [5, 5.41) is 12.1. The van der Waals surface area contributed by atoms with Gasteiger partial charge in [-0.3, -0.25) is 10.1 Å². The van der Waals surface area contributed by atoms with Gasteiger partial charge in [0, 0.05) is 33.8 Å². The standard InChI is InChI=1S/C18H14Cl2N2O4/c1-10-8-16(25-2)11-4-3-5-15(18(11)21-10)26-9-12-13(19)6-7-14(17(12)20)22(23)24/h3-8H,9H2,1-2H3. The zero-order valence-electron chi connectivity index (χ0n) is 14.0. The van der Waals surface area contributed by atoms with Gasteiger partial charge in [0.05, 0.1) is 12.0 Å². The number of methoxy groups -OCH3 is 1. The molecule has 0 spiro atoms. The molecule has 1 heterocycles. The van der Waals surface area contributed by atoms with E-state index in [2.05, 4.69) is 4.98 Å². The molecular weight excluding hydrogens is 379 g/mol. The first-order valence-corrected chi connectivity index (χ1v) is 8.36. The molecular formula is C18H14Cl2N2O4. The van der Waals surface area contributed by atoms with Crippen LogP contribution in [0.4, 0.5) is 5.69 Å². The van der Waals surface area contributed by atoms with E-state index >= 15 is 0 Å². The molecule has 0 radical (unpaired) electrons. The van der Waals surface area contributed by atoms with Gasteiger partial charge in [-0.1, -0.05) is 29.3 Å². The van der Waals surface area contributed by atoms with Crippen molar-refractivity contribution < 1.29 is 14.4 Å². The van der Waals surface area contributed by atoms with Gasteiger partial charge in [0.25, 0.3) is 5.69 Å². The Bertz CT molecular complexity index is 1010. The van der Waals surface area contributed by atoms with E-state index < -0.39 is 4.92 Å². The lowest BCUT2D eigenvalue weighted by Gasteiger charge is -2.13. The summed E-state index contributed by atoms with van der Waals surface area (Å²) in [6.45, 7) is 1.82. The highest BCUT2D eigenvalue weighted by atomic mass is 35.5. The van der Waals surface area contributed by atoms with Crippen LogP contribution in [0.2, 0.25) is 10.0 Å². The molecule has 8 heteroatoms. The number of benzene rings is 2. The molecule has 0 bridgehead atoms. The topological polar surface area (TPSA) is 74.5 Å². The van der Waals surface area contributed by atoms with Crippen LogP contribution in [0.25, 0.3) is 10.9 Å². The van der Waals surface area contributed by atoms with E-state index in [1.807, 2.05) is 25.1 Å². The minimum Gasteiger partial charge on any atom is -0.496 e. The molecule has 1 aromatic heterocycles. The molecule has 3 rings (SSSR count). The predicted molar refractivity (Wildman–Crippen MR) is 100 cm³/mol. The Morgan fingerprint density at radius 2 is 1.96 bits per heavy atom. The second kappa shape index (κ2) is 7.35. The maximum atomic E-state index is 11.1. The number of hydrogen-bond acceptors (Lipinski definition) is 5. The van der Waals surface area contributed by atoms with E-state index in [4.69, 9.17) is 32.7 Å². The average Bonchev–Trinajstić information content (AvgIpc) is 2.60. The second-order valence-electron chi connectivity index (χ2n) is 5.52. The van der Waals surface area contributed by atoms with Gasteiger partial charge in [0.2, 0.25) is 0 Å². The minimum atomic E-state index is -0.560. The summed E-state index contributed by atoms with van der Waals surface area (Å²) >= 11 is 12.3. The lowest BCUT2D eigenvalue weighted by atomic mass is 10.1. The van der Waals surface area contributed by atoms with Gasteiger partial charge in [-0.25, -0.2) is 4.98 Å². The number of para-hydroxylation sites is 1. The molecule has 0 unspecified atom stereocenters. The van der Waals surface area contributed by atoms with E-state index in [1.54, 1.807) is 13.2 Å². The monoisotopic (exact) mass is 392 g/mol. The van der Waals surface area contributed by atoms with Gasteiger partial charge in [-0.05, 0) is 25.1 Å². The highest BCUT2D eigenvalue weighted by Crippen LogP contribution is 2.35. The van der Waals surface area contributed by atoms with Crippen LogP contribution < -0.4 is 9.47 Å². The number of rotatable bonds is 5. The van der Waals surface area contributed by atoms with Crippen LogP contribution in [0.15, 0.2) is 36.4 Å². The number of nitrogens with zero attached hydrogens (tertiary/aromatic N) is 2. The molecule has 134 valence electrons.